The predicted octanol–water partition coefficient (Wildman–Crippen LogP) is 8.14. The summed E-state index contributed by atoms with van der Waals surface area (Å²) in [6, 6.07) is 0. The molecule has 7 atom stereocenters. The molecule has 0 spiro atoms. The zero-order valence-electron chi connectivity index (χ0n) is 20.5. The Kier molecular flexibility index (Phi) is 7.91. The first kappa shape index (κ1) is 24.0. The minimum Gasteiger partial charge on any atom is -0.325 e. The molecule has 4 rings (SSSR count). The molecule has 28 heavy (non-hydrogen) atoms. The second kappa shape index (κ2) is 9.23. The van der Waals surface area contributed by atoms with E-state index in [4.69, 9.17) is 5.73 Å². The summed E-state index contributed by atoms with van der Waals surface area (Å²) in [4.78, 5) is 0. The Bertz CT molecular complexity index is 536. The van der Waals surface area contributed by atoms with Crippen LogP contribution in [-0.2, 0) is 0 Å². The molecule has 1 heteroatoms. The summed E-state index contributed by atoms with van der Waals surface area (Å²) in [6.07, 6.45) is 16.3. The van der Waals surface area contributed by atoms with Crippen LogP contribution in [0.5, 0.6) is 0 Å². The summed E-state index contributed by atoms with van der Waals surface area (Å²) >= 11 is 0. The Hall–Kier alpha value is -0.300. The van der Waals surface area contributed by atoms with Gasteiger partial charge in [0.2, 0.25) is 0 Å². The molecule has 0 aliphatic heterocycles. The molecule has 164 valence electrons. The van der Waals surface area contributed by atoms with Crippen LogP contribution in [0, 0.1) is 34.5 Å². The topological polar surface area (TPSA) is 26.0 Å². The van der Waals surface area contributed by atoms with Gasteiger partial charge in [-0.05, 0) is 92.3 Å². The highest BCUT2D eigenvalue weighted by atomic mass is 14.8. The monoisotopic (exact) mass is 389 g/mol. The molecule has 0 saturated heterocycles. The fraction of sp³-hybridized carbons (Fsp3) is 0.926. The van der Waals surface area contributed by atoms with Gasteiger partial charge in [-0.2, -0.15) is 0 Å². The largest absolute Gasteiger partial charge is 0.325 e. The van der Waals surface area contributed by atoms with E-state index in [0.29, 0.717) is 16.7 Å². The third kappa shape index (κ3) is 3.42. The standard InChI is InChI=1S/C23H39N.2C2H6/c1-5-7-16(2)23(24)15-11-18-19-10-9-17-8-6-13-21(17,3)22(19,4)14-12-20(18)23;2*1-2/h9,16,18-20H,5-8,10-15,24H2,1-4H3;2*1-2H3. The van der Waals surface area contributed by atoms with E-state index in [1.807, 2.05) is 33.3 Å². The molecule has 1 nitrogen and oxygen atoms in total. The van der Waals surface area contributed by atoms with Gasteiger partial charge in [0.1, 0.15) is 0 Å². The second-order valence-electron chi connectivity index (χ2n) is 10.3. The fourth-order valence-corrected chi connectivity index (χ4v) is 8.03. The maximum absolute atomic E-state index is 7.13. The van der Waals surface area contributed by atoms with Gasteiger partial charge in [0.15, 0.2) is 0 Å². The van der Waals surface area contributed by atoms with E-state index in [-0.39, 0.29) is 5.54 Å². The maximum atomic E-state index is 7.13. The zero-order valence-corrected chi connectivity index (χ0v) is 20.5. The average molecular weight is 390 g/mol. The van der Waals surface area contributed by atoms with E-state index in [0.717, 1.165) is 17.8 Å². The summed E-state index contributed by atoms with van der Waals surface area (Å²) in [5.41, 5.74) is 10.1. The van der Waals surface area contributed by atoms with E-state index >= 15 is 0 Å². The van der Waals surface area contributed by atoms with Crippen molar-refractivity contribution in [2.75, 3.05) is 0 Å². The van der Waals surface area contributed by atoms with Crippen LogP contribution in [-0.4, -0.2) is 5.54 Å². The minimum atomic E-state index is 0.128. The molecule has 2 N–H and O–H groups in total. The number of hydrogen-bond donors (Lipinski definition) is 1. The highest BCUT2D eigenvalue weighted by Gasteiger charge is 2.62. The fourth-order valence-electron chi connectivity index (χ4n) is 8.03. The van der Waals surface area contributed by atoms with Gasteiger partial charge in [0.05, 0.1) is 0 Å². The van der Waals surface area contributed by atoms with Crippen molar-refractivity contribution in [1.82, 2.24) is 0 Å². The number of rotatable bonds is 3. The lowest BCUT2D eigenvalue weighted by Crippen LogP contribution is -2.57. The zero-order chi connectivity index (χ0) is 21.2. The quantitative estimate of drug-likeness (QED) is 0.484. The van der Waals surface area contributed by atoms with Gasteiger partial charge in [-0.3, -0.25) is 0 Å². The molecule has 3 saturated carbocycles. The van der Waals surface area contributed by atoms with Gasteiger partial charge in [-0.15, -0.1) is 0 Å². The van der Waals surface area contributed by atoms with Gasteiger partial charge < -0.3 is 5.73 Å². The van der Waals surface area contributed by atoms with Crippen molar-refractivity contribution >= 4 is 0 Å². The number of fused-ring (bicyclic) bond motifs is 5. The van der Waals surface area contributed by atoms with Crippen molar-refractivity contribution in [3.63, 3.8) is 0 Å². The van der Waals surface area contributed by atoms with Crippen LogP contribution in [0.2, 0.25) is 0 Å². The van der Waals surface area contributed by atoms with Crippen LogP contribution < -0.4 is 5.73 Å². The Labute approximate surface area is 177 Å². The van der Waals surface area contributed by atoms with Crippen LogP contribution in [0.1, 0.15) is 120 Å². The lowest BCUT2D eigenvalue weighted by Gasteiger charge is -2.60. The van der Waals surface area contributed by atoms with Crippen molar-refractivity contribution in [2.45, 2.75) is 125 Å². The Balaban J connectivity index is 0.000000660. The molecular formula is C27H51N. The molecule has 7 unspecified atom stereocenters. The molecule has 0 heterocycles. The van der Waals surface area contributed by atoms with Gasteiger partial charge in [0.25, 0.3) is 0 Å². The van der Waals surface area contributed by atoms with Crippen molar-refractivity contribution in [3.8, 4) is 0 Å². The van der Waals surface area contributed by atoms with Crippen LogP contribution in [0.4, 0.5) is 0 Å². The maximum Gasteiger partial charge on any atom is 0.0211 e. The smallest absolute Gasteiger partial charge is 0.0211 e. The van der Waals surface area contributed by atoms with E-state index in [1.54, 1.807) is 0 Å². The molecule has 0 aromatic carbocycles. The van der Waals surface area contributed by atoms with Crippen LogP contribution >= 0.6 is 0 Å². The molecular weight excluding hydrogens is 338 g/mol. The average Bonchev–Trinajstić information content (AvgIpc) is 3.27. The number of hydrogen-bond acceptors (Lipinski definition) is 1. The van der Waals surface area contributed by atoms with E-state index in [2.05, 4.69) is 33.8 Å². The molecule has 0 radical (unpaired) electrons. The normalized spacial score (nSPS) is 44.6. The van der Waals surface area contributed by atoms with Crippen molar-refractivity contribution in [2.24, 2.45) is 40.2 Å². The summed E-state index contributed by atoms with van der Waals surface area (Å²) in [6.45, 7) is 18.0. The summed E-state index contributed by atoms with van der Waals surface area (Å²) in [5.74, 6) is 3.27. The van der Waals surface area contributed by atoms with Gasteiger partial charge in [0, 0.05) is 5.54 Å². The molecule has 4 aliphatic carbocycles. The summed E-state index contributed by atoms with van der Waals surface area (Å²) in [7, 11) is 0. The Morgan fingerprint density at radius 3 is 2.36 bits per heavy atom. The van der Waals surface area contributed by atoms with Crippen molar-refractivity contribution in [1.29, 1.82) is 0 Å². The first-order chi connectivity index (χ1) is 13.4. The van der Waals surface area contributed by atoms with Gasteiger partial charge in [-0.1, -0.05) is 73.5 Å². The third-order valence-corrected chi connectivity index (χ3v) is 9.78. The summed E-state index contributed by atoms with van der Waals surface area (Å²) in [5, 5.41) is 0. The molecule has 4 aliphatic rings. The summed E-state index contributed by atoms with van der Waals surface area (Å²) < 4.78 is 0. The minimum absolute atomic E-state index is 0.128. The highest BCUT2D eigenvalue weighted by molar-refractivity contribution is 5.29. The first-order valence-electron chi connectivity index (χ1n) is 12.8. The number of nitrogens with two attached hydrogens (primary N) is 1. The Morgan fingerprint density at radius 1 is 1.04 bits per heavy atom. The van der Waals surface area contributed by atoms with Gasteiger partial charge in [-0.25, -0.2) is 0 Å². The first-order valence-corrected chi connectivity index (χ1v) is 12.8. The van der Waals surface area contributed by atoms with Crippen LogP contribution in [0.25, 0.3) is 0 Å². The van der Waals surface area contributed by atoms with Crippen molar-refractivity contribution < 1.29 is 0 Å². The van der Waals surface area contributed by atoms with E-state index in [1.165, 1.54) is 64.2 Å². The molecule has 3 fully saturated rings. The molecule has 0 aromatic heterocycles. The predicted molar refractivity (Wildman–Crippen MR) is 125 cm³/mol. The molecule has 0 aromatic rings. The lowest BCUT2D eigenvalue weighted by molar-refractivity contribution is -0.0694. The highest BCUT2D eigenvalue weighted by Crippen LogP contribution is 2.69. The van der Waals surface area contributed by atoms with Crippen molar-refractivity contribution in [3.05, 3.63) is 11.6 Å². The van der Waals surface area contributed by atoms with E-state index < -0.39 is 0 Å². The van der Waals surface area contributed by atoms with E-state index in [9.17, 15) is 0 Å². The van der Waals surface area contributed by atoms with Crippen LogP contribution in [0.3, 0.4) is 0 Å². The van der Waals surface area contributed by atoms with Gasteiger partial charge >= 0.3 is 0 Å². The molecule has 0 amide bonds. The van der Waals surface area contributed by atoms with Crippen LogP contribution in [0.15, 0.2) is 11.6 Å². The second-order valence-corrected chi connectivity index (χ2v) is 10.3. The Morgan fingerprint density at radius 2 is 1.71 bits per heavy atom. The number of allylic oxidation sites excluding steroid dienone is 2. The lowest BCUT2D eigenvalue weighted by atomic mass is 9.45. The third-order valence-electron chi connectivity index (χ3n) is 9.78. The molecule has 0 bridgehead atoms. The SMILES string of the molecule is CC.CC.CCCC(C)C1(N)CCC2C1CCC1(C)C2CC=C2CCCC21C.